The molecule has 0 atom stereocenters. The first-order valence-corrected chi connectivity index (χ1v) is 8.88. The number of hydrogen-bond acceptors (Lipinski definition) is 7. The van der Waals surface area contributed by atoms with Gasteiger partial charge in [-0.25, -0.2) is 0 Å². The van der Waals surface area contributed by atoms with Gasteiger partial charge in [0.2, 0.25) is 0 Å². The molecule has 148 valence electrons. The molecule has 2 amide bonds. The molecule has 2 rings (SSSR count). The van der Waals surface area contributed by atoms with Gasteiger partial charge >= 0.3 is 0 Å². The van der Waals surface area contributed by atoms with Crippen LogP contribution in [0.2, 0.25) is 0 Å². The SMILES string of the molecule is CC(C)N(CCOc1ccc2c(c1)C(=O)N(CCO[N+](=O)[O-])C2=O)C(C)C. The first-order valence-electron chi connectivity index (χ1n) is 8.88. The fourth-order valence-electron chi connectivity index (χ4n) is 3.15. The van der Waals surface area contributed by atoms with Gasteiger partial charge in [-0.15, -0.1) is 10.1 Å². The molecule has 0 saturated heterocycles. The van der Waals surface area contributed by atoms with E-state index in [1.165, 1.54) is 0 Å². The Morgan fingerprint density at radius 3 is 2.30 bits per heavy atom. The Bertz CT molecular complexity index is 711. The maximum Gasteiger partial charge on any atom is 0.294 e. The summed E-state index contributed by atoms with van der Waals surface area (Å²) >= 11 is 0. The molecule has 0 aromatic heterocycles. The number of imide groups is 1. The summed E-state index contributed by atoms with van der Waals surface area (Å²) in [6.07, 6.45) is 0. The highest BCUT2D eigenvalue weighted by atomic mass is 16.9. The number of hydrogen-bond donors (Lipinski definition) is 0. The average molecular weight is 379 g/mol. The van der Waals surface area contributed by atoms with Gasteiger partial charge in [0.1, 0.15) is 19.0 Å². The van der Waals surface area contributed by atoms with Crippen molar-refractivity contribution in [3.63, 3.8) is 0 Å². The Balaban J connectivity index is 1.99. The zero-order chi connectivity index (χ0) is 20.1. The number of amides is 2. The molecular weight excluding hydrogens is 354 g/mol. The van der Waals surface area contributed by atoms with E-state index in [9.17, 15) is 19.7 Å². The summed E-state index contributed by atoms with van der Waals surface area (Å²) in [4.78, 5) is 42.3. The Morgan fingerprint density at radius 1 is 1.07 bits per heavy atom. The van der Waals surface area contributed by atoms with E-state index >= 15 is 0 Å². The number of ether oxygens (including phenoxy) is 1. The summed E-state index contributed by atoms with van der Waals surface area (Å²) < 4.78 is 5.76. The summed E-state index contributed by atoms with van der Waals surface area (Å²) in [7, 11) is 0. The Kier molecular flexibility index (Phi) is 6.73. The molecule has 27 heavy (non-hydrogen) atoms. The van der Waals surface area contributed by atoms with Crippen molar-refractivity contribution >= 4 is 11.8 Å². The Hall–Kier alpha value is -2.68. The van der Waals surface area contributed by atoms with Crippen molar-refractivity contribution in [3.05, 3.63) is 39.4 Å². The van der Waals surface area contributed by atoms with Crippen LogP contribution in [0.15, 0.2) is 18.2 Å². The van der Waals surface area contributed by atoms with Crippen LogP contribution in [0.25, 0.3) is 0 Å². The minimum absolute atomic E-state index is 0.179. The van der Waals surface area contributed by atoms with Crippen molar-refractivity contribution in [2.75, 3.05) is 26.3 Å². The zero-order valence-corrected chi connectivity index (χ0v) is 16.0. The molecule has 1 aliphatic heterocycles. The zero-order valence-electron chi connectivity index (χ0n) is 16.0. The molecule has 9 nitrogen and oxygen atoms in total. The lowest BCUT2D eigenvalue weighted by Gasteiger charge is -2.30. The van der Waals surface area contributed by atoms with Gasteiger partial charge in [-0.05, 0) is 45.9 Å². The van der Waals surface area contributed by atoms with Crippen molar-refractivity contribution in [2.45, 2.75) is 39.8 Å². The monoisotopic (exact) mass is 379 g/mol. The van der Waals surface area contributed by atoms with E-state index in [0.29, 0.717) is 24.4 Å². The predicted molar refractivity (Wildman–Crippen MR) is 97.2 cm³/mol. The molecular formula is C18H25N3O6. The fourth-order valence-corrected chi connectivity index (χ4v) is 3.15. The summed E-state index contributed by atoms with van der Waals surface area (Å²) in [6, 6.07) is 5.52. The van der Waals surface area contributed by atoms with Crippen molar-refractivity contribution in [1.82, 2.24) is 9.80 Å². The largest absolute Gasteiger partial charge is 0.492 e. The average Bonchev–Trinajstić information content (AvgIpc) is 2.82. The third-order valence-corrected chi connectivity index (χ3v) is 4.40. The standard InChI is InChI=1S/C18H25N3O6/c1-12(2)19(13(3)4)7-9-26-14-5-6-15-16(11-14)18(23)20(17(15)22)8-10-27-21(24)25/h5-6,11-13H,7-10H2,1-4H3. The van der Waals surface area contributed by atoms with Gasteiger partial charge in [-0.3, -0.25) is 19.4 Å². The predicted octanol–water partition coefficient (Wildman–Crippen LogP) is 1.99. The highest BCUT2D eigenvalue weighted by molar-refractivity contribution is 6.21. The van der Waals surface area contributed by atoms with Crippen LogP contribution in [-0.4, -0.2) is 65.1 Å². The fraction of sp³-hybridized carbons (Fsp3) is 0.556. The van der Waals surface area contributed by atoms with Crippen LogP contribution >= 0.6 is 0 Å². The molecule has 0 saturated carbocycles. The van der Waals surface area contributed by atoms with E-state index in [1.54, 1.807) is 18.2 Å². The van der Waals surface area contributed by atoms with E-state index in [-0.39, 0.29) is 24.3 Å². The number of rotatable bonds is 10. The number of carbonyl (C=O) groups is 2. The van der Waals surface area contributed by atoms with Crippen LogP contribution in [0.3, 0.4) is 0 Å². The van der Waals surface area contributed by atoms with Crippen LogP contribution < -0.4 is 4.74 Å². The molecule has 0 unspecified atom stereocenters. The number of nitrogens with zero attached hydrogens (tertiary/aromatic N) is 3. The molecule has 0 spiro atoms. The maximum absolute atomic E-state index is 12.4. The smallest absolute Gasteiger partial charge is 0.294 e. The van der Waals surface area contributed by atoms with E-state index in [4.69, 9.17) is 4.74 Å². The number of carbonyl (C=O) groups excluding carboxylic acids is 2. The summed E-state index contributed by atoms with van der Waals surface area (Å²) in [5.41, 5.74) is 0.502. The molecule has 0 bridgehead atoms. The van der Waals surface area contributed by atoms with E-state index in [0.717, 1.165) is 11.4 Å². The molecule has 1 aromatic rings. The minimum atomic E-state index is -0.957. The summed E-state index contributed by atoms with van der Waals surface area (Å²) in [5.74, 6) is -0.483. The van der Waals surface area contributed by atoms with Crippen LogP contribution in [0.4, 0.5) is 0 Å². The maximum atomic E-state index is 12.4. The van der Waals surface area contributed by atoms with Crippen molar-refractivity contribution < 1.29 is 24.3 Å². The summed E-state index contributed by atoms with van der Waals surface area (Å²) in [5, 5.41) is 9.25. The van der Waals surface area contributed by atoms with Gasteiger partial charge in [0.05, 0.1) is 17.7 Å². The van der Waals surface area contributed by atoms with Gasteiger partial charge in [-0.2, -0.15) is 0 Å². The molecule has 9 heteroatoms. The topological polar surface area (TPSA) is 102 Å². The van der Waals surface area contributed by atoms with Crippen molar-refractivity contribution in [1.29, 1.82) is 0 Å². The van der Waals surface area contributed by atoms with E-state index < -0.39 is 16.9 Å². The third kappa shape index (κ3) is 4.94. The second-order valence-electron chi connectivity index (χ2n) is 6.80. The Morgan fingerprint density at radius 2 is 1.70 bits per heavy atom. The summed E-state index contributed by atoms with van der Waals surface area (Å²) in [6.45, 7) is 9.15. The number of benzene rings is 1. The number of fused-ring (bicyclic) bond motifs is 1. The van der Waals surface area contributed by atoms with Gasteiger partial charge in [-0.1, -0.05) is 0 Å². The lowest BCUT2D eigenvalue weighted by Crippen LogP contribution is -2.39. The van der Waals surface area contributed by atoms with Crippen LogP contribution in [0.1, 0.15) is 48.4 Å². The minimum Gasteiger partial charge on any atom is -0.492 e. The molecule has 0 aliphatic carbocycles. The normalized spacial score (nSPS) is 13.7. The lowest BCUT2D eigenvalue weighted by molar-refractivity contribution is -0.757. The molecule has 1 aromatic carbocycles. The van der Waals surface area contributed by atoms with Crippen LogP contribution in [-0.2, 0) is 4.84 Å². The van der Waals surface area contributed by atoms with Gasteiger partial charge in [0.15, 0.2) is 0 Å². The highest BCUT2D eigenvalue weighted by Crippen LogP contribution is 2.26. The van der Waals surface area contributed by atoms with Gasteiger partial charge < -0.3 is 9.57 Å². The highest BCUT2D eigenvalue weighted by Gasteiger charge is 2.35. The molecule has 0 fully saturated rings. The first-order chi connectivity index (χ1) is 12.7. The van der Waals surface area contributed by atoms with E-state index in [2.05, 4.69) is 37.4 Å². The van der Waals surface area contributed by atoms with Gasteiger partial charge in [0.25, 0.3) is 16.9 Å². The second kappa shape index (κ2) is 8.81. The lowest BCUT2D eigenvalue weighted by atomic mass is 10.1. The van der Waals surface area contributed by atoms with Crippen LogP contribution in [0.5, 0.6) is 5.75 Å². The Labute approximate surface area is 157 Å². The quantitative estimate of drug-likeness (QED) is 0.348. The third-order valence-electron chi connectivity index (χ3n) is 4.40. The van der Waals surface area contributed by atoms with Crippen molar-refractivity contribution in [2.24, 2.45) is 0 Å². The molecule has 0 N–H and O–H groups in total. The molecule has 1 aliphatic rings. The van der Waals surface area contributed by atoms with Crippen molar-refractivity contribution in [3.8, 4) is 5.75 Å². The molecule has 1 heterocycles. The van der Waals surface area contributed by atoms with Crippen LogP contribution in [0, 0.1) is 10.1 Å². The first kappa shape index (κ1) is 20.6. The van der Waals surface area contributed by atoms with E-state index in [1.807, 2.05) is 0 Å². The van der Waals surface area contributed by atoms with Gasteiger partial charge in [0, 0.05) is 18.6 Å². The molecule has 0 radical (unpaired) electrons. The second-order valence-corrected chi connectivity index (χ2v) is 6.80.